The van der Waals surface area contributed by atoms with E-state index in [0.29, 0.717) is 31.2 Å². The Morgan fingerprint density at radius 3 is 2.86 bits per heavy atom. The summed E-state index contributed by atoms with van der Waals surface area (Å²) >= 11 is 0. The Labute approximate surface area is 168 Å². The first-order chi connectivity index (χ1) is 14.0. The molecule has 4 rings (SSSR count). The second-order valence-corrected chi connectivity index (χ2v) is 7.47. The summed E-state index contributed by atoms with van der Waals surface area (Å²) in [7, 11) is 1.54. The highest BCUT2D eigenvalue weighted by Crippen LogP contribution is 2.24. The molecule has 29 heavy (non-hydrogen) atoms. The minimum atomic E-state index is -0.237. The maximum atomic E-state index is 12.8. The van der Waals surface area contributed by atoms with Crippen LogP contribution in [0.3, 0.4) is 0 Å². The number of aromatic nitrogens is 4. The predicted molar refractivity (Wildman–Crippen MR) is 106 cm³/mol. The maximum Gasteiger partial charge on any atom is 0.274 e. The molecule has 0 bridgehead atoms. The Morgan fingerprint density at radius 2 is 2.07 bits per heavy atom. The van der Waals surface area contributed by atoms with Crippen molar-refractivity contribution in [2.24, 2.45) is 13.0 Å². The van der Waals surface area contributed by atoms with Gasteiger partial charge in [-0.2, -0.15) is 10.1 Å². The quantitative estimate of drug-likeness (QED) is 0.675. The van der Waals surface area contributed by atoms with Crippen LogP contribution in [-0.4, -0.2) is 43.8 Å². The van der Waals surface area contributed by atoms with Crippen molar-refractivity contribution in [3.63, 3.8) is 0 Å². The van der Waals surface area contributed by atoms with Crippen molar-refractivity contribution in [2.45, 2.75) is 26.2 Å². The van der Waals surface area contributed by atoms with Gasteiger partial charge in [0.15, 0.2) is 0 Å². The lowest BCUT2D eigenvalue weighted by molar-refractivity contribution is 0.0659. The van der Waals surface area contributed by atoms with Crippen LogP contribution in [0.15, 0.2) is 45.7 Å². The van der Waals surface area contributed by atoms with E-state index in [9.17, 15) is 9.59 Å². The van der Waals surface area contributed by atoms with Gasteiger partial charge in [-0.25, -0.2) is 4.68 Å². The van der Waals surface area contributed by atoms with Crippen LogP contribution >= 0.6 is 0 Å². The minimum Gasteiger partial charge on any atom is -0.339 e. The number of hydrogen-bond acceptors (Lipinski definition) is 6. The molecule has 0 saturated carbocycles. The third kappa shape index (κ3) is 4.11. The van der Waals surface area contributed by atoms with Gasteiger partial charge in [-0.15, -0.1) is 0 Å². The van der Waals surface area contributed by atoms with Crippen molar-refractivity contribution < 1.29 is 9.32 Å². The Hall–Kier alpha value is -3.29. The van der Waals surface area contributed by atoms with Crippen LogP contribution in [0.1, 0.15) is 34.8 Å². The van der Waals surface area contributed by atoms with E-state index < -0.39 is 0 Å². The second kappa shape index (κ2) is 7.98. The van der Waals surface area contributed by atoms with Crippen LogP contribution in [-0.2, 0) is 13.5 Å². The van der Waals surface area contributed by atoms with Crippen molar-refractivity contribution in [1.82, 2.24) is 24.8 Å². The van der Waals surface area contributed by atoms with E-state index in [-0.39, 0.29) is 23.1 Å². The van der Waals surface area contributed by atoms with Crippen LogP contribution < -0.4 is 5.56 Å². The van der Waals surface area contributed by atoms with Gasteiger partial charge in [0.2, 0.25) is 11.7 Å². The van der Waals surface area contributed by atoms with Gasteiger partial charge < -0.3 is 9.42 Å². The highest BCUT2D eigenvalue weighted by Gasteiger charge is 2.27. The number of rotatable bonds is 4. The number of likely N-dealkylation sites (tertiary alicyclic amines) is 1. The highest BCUT2D eigenvalue weighted by atomic mass is 16.5. The molecule has 0 unspecified atom stereocenters. The average Bonchev–Trinajstić information content (AvgIpc) is 3.18. The van der Waals surface area contributed by atoms with Crippen molar-refractivity contribution in [3.05, 3.63) is 63.9 Å². The summed E-state index contributed by atoms with van der Waals surface area (Å²) in [4.78, 5) is 30.6. The summed E-state index contributed by atoms with van der Waals surface area (Å²) < 4.78 is 6.65. The molecule has 1 saturated heterocycles. The summed E-state index contributed by atoms with van der Waals surface area (Å²) in [5, 5.41) is 8.20. The van der Waals surface area contributed by atoms with E-state index >= 15 is 0 Å². The number of amides is 1. The van der Waals surface area contributed by atoms with Crippen LogP contribution in [0, 0.1) is 12.8 Å². The standard InChI is InChI=1S/C21H23N5O3/c1-14-6-3-4-8-16(14)20-22-18(29-24-20)12-15-7-5-11-26(13-15)21(28)17-9-10-19(27)25(2)23-17/h3-4,6,8-10,15H,5,7,11-13H2,1-2H3/t15-/m1/s1. The number of aryl methyl sites for hydroxylation is 2. The first-order valence-corrected chi connectivity index (χ1v) is 9.73. The molecular formula is C21H23N5O3. The van der Waals surface area contributed by atoms with Crippen LogP contribution in [0.25, 0.3) is 11.4 Å². The average molecular weight is 393 g/mol. The van der Waals surface area contributed by atoms with E-state index in [0.717, 1.165) is 24.0 Å². The third-order valence-electron chi connectivity index (χ3n) is 5.30. The van der Waals surface area contributed by atoms with Gasteiger partial charge in [-0.05, 0) is 37.3 Å². The number of carbonyl (C=O) groups is 1. The third-order valence-corrected chi connectivity index (χ3v) is 5.30. The summed E-state index contributed by atoms with van der Waals surface area (Å²) in [6.45, 7) is 3.30. The minimum absolute atomic E-state index is 0.156. The molecule has 3 aromatic rings. The zero-order valence-electron chi connectivity index (χ0n) is 16.5. The fourth-order valence-electron chi connectivity index (χ4n) is 3.71. The Bertz CT molecular complexity index is 1090. The van der Waals surface area contributed by atoms with Gasteiger partial charge in [-0.3, -0.25) is 9.59 Å². The first-order valence-electron chi connectivity index (χ1n) is 9.73. The van der Waals surface area contributed by atoms with E-state index in [1.54, 1.807) is 11.9 Å². The van der Waals surface area contributed by atoms with Gasteiger partial charge >= 0.3 is 0 Å². The molecule has 1 aliphatic rings. The SMILES string of the molecule is Cc1ccccc1-c1noc(C[C@H]2CCCN(C(=O)c3ccc(=O)n(C)n3)C2)n1. The molecule has 3 heterocycles. The molecule has 1 fully saturated rings. The largest absolute Gasteiger partial charge is 0.339 e. The van der Waals surface area contributed by atoms with Crippen LogP contribution in [0.4, 0.5) is 0 Å². The number of hydrogen-bond donors (Lipinski definition) is 0. The number of nitrogens with zero attached hydrogens (tertiary/aromatic N) is 5. The topological polar surface area (TPSA) is 94.1 Å². The maximum absolute atomic E-state index is 12.8. The lowest BCUT2D eigenvalue weighted by Gasteiger charge is -2.32. The van der Waals surface area contributed by atoms with E-state index in [4.69, 9.17) is 4.52 Å². The zero-order chi connectivity index (χ0) is 20.4. The molecule has 2 aromatic heterocycles. The monoisotopic (exact) mass is 393 g/mol. The molecule has 1 aromatic carbocycles. The normalized spacial score (nSPS) is 16.8. The van der Waals surface area contributed by atoms with E-state index in [1.807, 2.05) is 31.2 Å². The zero-order valence-corrected chi connectivity index (χ0v) is 16.5. The smallest absolute Gasteiger partial charge is 0.274 e. The fraction of sp³-hybridized carbons (Fsp3) is 0.381. The number of piperidine rings is 1. The van der Waals surface area contributed by atoms with E-state index in [2.05, 4.69) is 15.2 Å². The molecule has 150 valence electrons. The van der Waals surface area contributed by atoms with Crippen LogP contribution in [0.5, 0.6) is 0 Å². The van der Waals surface area contributed by atoms with Crippen molar-refractivity contribution in [2.75, 3.05) is 13.1 Å². The molecule has 0 radical (unpaired) electrons. The molecule has 1 atom stereocenters. The summed E-state index contributed by atoms with van der Waals surface area (Å²) in [5.41, 5.74) is 2.11. The van der Waals surface area contributed by atoms with Crippen molar-refractivity contribution in [1.29, 1.82) is 0 Å². The first kappa shape index (κ1) is 19.0. The number of carbonyl (C=O) groups excluding carboxylic acids is 1. The molecule has 0 N–H and O–H groups in total. The molecule has 1 aliphatic heterocycles. The summed E-state index contributed by atoms with van der Waals surface area (Å²) in [6.07, 6.45) is 2.52. The predicted octanol–water partition coefficient (Wildman–Crippen LogP) is 2.23. The Balaban J connectivity index is 1.44. The molecule has 8 nitrogen and oxygen atoms in total. The van der Waals surface area contributed by atoms with Gasteiger partial charge in [0.1, 0.15) is 5.69 Å². The summed E-state index contributed by atoms with van der Waals surface area (Å²) in [5.74, 6) is 1.26. The van der Waals surface area contributed by atoms with Gasteiger partial charge in [0.05, 0.1) is 0 Å². The molecule has 1 amide bonds. The second-order valence-electron chi connectivity index (χ2n) is 7.47. The van der Waals surface area contributed by atoms with Gasteiger partial charge in [-0.1, -0.05) is 29.4 Å². The lowest BCUT2D eigenvalue weighted by atomic mass is 9.94. The Morgan fingerprint density at radius 1 is 1.24 bits per heavy atom. The van der Waals surface area contributed by atoms with Crippen LogP contribution in [0.2, 0.25) is 0 Å². The highest BCUT2D eigenvalue weighted by molar-refractivity contribution is 5.92. The lowest BCUT2D eigenvalue weighted by Crippen LogP contribution is -2.41. The fourth-order valence-corrected chi connectivity index (χ4v) is 3.71. The molecule has 0 aliphatic carbocycles. The molecule has 8 heteroatoms. The van der Waals surface area contributed by atoms with E-state index in [1.165, 1.54) is 16.8 Å². The molecular weight excluding hydrogens is 370 g/mol. The van der Waals surface area contributed by atoms with Crippen molar-refractivity contribution >= 4 is 5.91 Å². The summed E-state index contributed by atoms with van der Waals surface area (Å²) in [6, 6.07) is 10.8. The Kier molecular flexibility index (Phi) is 5.24. The van der Waals surface area contributed by atoms with Gasteiger partial charge in [0, 0.05) is 38.2 Å². The van der Waals surface area contributed by atoms with Crippen molar-refractivity contribution in [3.8, 4) is 11.4 Å². The van der Waals surface area contributed by atoms with Gasteiger partial charge in [0.25, 0.3) is 11.5 Å². The molecule has 0 spiro atoms. The number of benzene rings is 1.